The van der Waals surface area contributed by atoms with Crippen LogP contribution in [0.3, 0.4) is 0 Å². The standard InChI is InChI=1S/C15H21F2N3O/c1-15(2)5-3-10(4-6-15)19-14(21)9-7-11(16)13(20-18)12(17)8-9/h7-8,10,20H,3-6,18H2,1-2H3,(H,19,21). The van der Waals surface area contributed by atoms with Crippen molar-refractivity contribution in [2.75, 3.05) is 5.43 Å². The number of hydrogen-bond acceptors (Lipinski definition) is 3. The number of anilines is 1. The van der Waals surface area contributed by atoms with Crippen LogP contribution in [0.4, 0.5) is 14.5 Å². The van der Waals surface area contributed by atoms with Crippen LogP contribution in [0, 0.1) is 17.0 Å². The summed E-state index contributed by atoms with van der Waals surface area (Å²) in [6.07, 6.45) is 3.81. The van der Waals surface area contributed by atoms with Crippen molar-refractivity contribution in [3.05, 3.63) is 29.3 Å². The molecule has 6 heteroatoms. The largest absolute Gasteiger partial charge is 0.349 e. The average molecular weight is 297 g/mol. The smallest absolute Gasteiger partial charge is 0.251 e. The quantitative estimate of drug-likeness (QED) is 0.593. The van der Waals surface area contributed by atoms with Crippen molar-refractivity contribution >= 4 is 11.6 Å². The molecule has 21 heavy (non-hydrogen) atoms. The normalized spacial score (nSPS) is 18.3. The number of nitrogen functional groups attached to an aromatic ring is 1. The van der Waals surface area contributed by atoms with E-state index in [-0.39, 0.29) is 11.6 Å². The topological polar surface area (TPSA) is 67.2 Å². The molecule has 1 fully saturated rings. The van der Waals surface area contributed by atoms with Crippen molar-refractivity contribution in [2.24, 2.45) is 11.3 Å². The summed E-state index contributed by atoms with van der Waals surface area (Å²) in [4.78, 5) is 12.1. The minimum absolute atomic E-state index is 0.0335. The number of amides is 1. The first-order valence-electron chi connectivity index (χ1n) is 7.09. The predicted octanol–water partition coefficient (Wildman–Crippen LogP) is 2.95. The van der Waals surface area contributed by atoms with Crippen LogP contribution in [-0.4, -0.2) is 11.9 Å². The third-order valence-electron chi connectivity index (χ3n) is 4.12. The molecule has 0 atom stereocenters. The van der Waals surface area contributed by atoms with E-state index in [1.165, 1.54) is 0 Å². The van der Waals surface area contributed by atoms with Gasteiger partial charge in [0.1, 0.15) is 5.69 Å². The van der Waals surface area contributed by atoms with E-state index in [0.717, 1.165) is 37.8 Å². The molecule has 4 N–H and O–H groups in total. The second kappa shape index (κ2) is 5.97. The molecule has 1 aliphatic carbocycles. The number of hydrogen-bond donors (Lipinski definition) is 3. The Balaban J connectivity index is 2.04. The number of halogens is 2. The summed E-state index contributed by atoms with van der Waals surface area (Å²) in [5.74, 6) is 2.80. The lowest BCUT2D eigenvalue weighted by molar-refractivity contribution is 0.0908. The van der Waals surface area contributed by atoms with E-state index in [2.05, 4.69) is 19.2 Å². The van der Waals surface area contributed by atoms with E-state index in [1.54, 1.807) is 0 Å². The first-order chi connectivity index (χ1) is 9.82. The van der Waals surface area contributed by atoms with Crippen LogP contribution >= 0.6 is 0 Å². The van der Waals surface area contributed by atoms with Crippen molar-refractivity contribution in [3.63, 3.8) is 0 Å². The van der Waals surface area contributed by atoms with Gasteiger partial charge in [-0.05, 0) is 43.2 Å². The van der Waals surface area contributed by atoms with E-state index < -0.39 is 23.2 Å². The van der Waals surface area contributed by atoms with Crippen LogP contribution in [0.1, 0.15) is 49.9 Å². The molecule has 0 unspecified atom stereocenters. The number of rotatable bonds is 3. The van der Waals surface area contributed by atoms with E-state index in [9.17, 15) is 13.6 Å². The molecule has 4 nitrogen and oxygen atoms in total. The highest BCUT2D eigenvalue weighted by molar-refractivity contribution is 5.94. The number of nitrogens with one attached hydrogen (secondary N) is 2. The van der Waals surface area contributed by atoms with E-state index in [4.69, 9.17) is 5.84 Å². The summed E-state index contributed by atoms with van der Waals surface area (Å²) in [5, 5.41) is 2.84. The fourth-order valence-corrected chi connectivity index (χ4v) is 2.65. The Hall–Kier alpha value is -1.69. The van der Waals surface area contributed by atoms with Crippen molar-refractivity contribution in [3.8, 4) is 0 Å². The third kappa shape index (κ3) is 3.69. The Morgan fingerprint density at radius 1 is 1.24 bits per heavy atom. The van der Waals surface area contributed by atoms with Gasteiger partial charge in [0.05, 0.1) is 0 Å². The summed E-state index contributed by atoms with van der Waals surface area (Å²) in [7, 11) is 0. The zero-order chi connectivity index (χ0) is 15.6. The molecule has 0 radical (unpaired) electrons. The number of hydrazine groups is 1. The molecule has 1 amide bonds. The van der Waals surface area contributed by atoms with Gasteiger partial charge in [0.15, 0.2) is 11.6 Å². The Kier molecular flexibility index (Phi) is 4.46. The molecule has 2 rings (SSSR count). The fourth-order valence-electron chi connectivity index (χ4n) is 2.65. The lowest BCUT2D eigenvalue weighted by Gasteiger charge is -2.34. The van der Waals surface area contributed by atoms with Gasteiger partial charge in [-0.1, -0.05) is 13.8 Å². The maximum Gasteiger partial charge on any atom is 0.251 e. The van der Waals surface area contributed by atoms with Gasteiger partial charge < -0.3 is 10.7 Å². The van der Waals surface area contributed by atoms with Crippen molar-refractivity contribution in [2.45, 2.75) is 45.6 Å². The molecular weight excluding hydrogens is 276 g/mol. The van der Waals surface area contributed by atoms with Crippen LogP contribution < -0.4 is 16.6 Å². The summed E-state index contributed by atoms with van der Waals surface area (Å²) >= 11 is 0. The molecule has 0 heterocycles. The second-order valence-electron chi connectivity index (χ2n) is 6.37. The van der Waals surface area contributed by atoms with Gasteiger partial charge in [-0.25, -0.2) is 8.78 Å². The number of carbonyl (C=O) groups excluding carboxylic acids is 1. The molecular formula is C15H21F2N3O. The first kappa shape index (κ1) is 15.7. The number of nitrogens with two attached hydrogens (primary N) is 1. The van der Waals surface area contributed by atoms with Crippen LogP contribution in [-0.2, 0) is 0 Å². The number of carbonyl (C=O) groups is 1. The maximum atomic E-state index is 13.6. The molecule has 0 bridgehead atoms. The van der Waals surface area contributed by atoms with Crippen molar-refractivity contribution in [1.29, 1.82) is 0 Å². The highest BCUT2D eigenvalue weighted by atomic mass is 19.1. The lowest BCUT2D eigenvalue weighted by Crippen LogP contribution is -2.39. The van der Waals surface area contributed by atoms with Gasteiger partial charge in [-0.3, -0.25) is 10.6 Å². The molecule has 1 aromatic carbocycles. The third-order valence-corrected chi connectivity index (χ3v) is 4.12. The highest BCUT2D eigenvalue weighted by Gasteiger charge is 2.28. The molecule has 0 saturated heterocycles. The van der Waals surface area contributed by atoms with Crippen molar-refractivity contribution < 1.29 is 13.6 Å². The Morgan fingerprint density at radius 3 is 2.24 bits per heavy atom. The van der Waals surface area contributed by atoms with Gasteiger partial charge >= 0.3 is 0 Å². The Morgan fingerprint density at radius 2 is 1.76 bits per heavy atom. The summed E-state index contributed by atoms with van der Waals surface area (Å²) in [6, 6.07) is 2.03. The minimum Gasteiger partial charge on any atom is -0.349 e. The zero-order valence-corrected chi connectivity index (χ0v) is 12.3. The van der Waals surface area contributed by atoms with Crippen molar-refractivity contribution in [1.82, 2.24) is 5.32 Å². The maximum absolute atomic E-state index is 13.6. The second-order valence-corrected chi connectivity index (χ2v) is 6.37. The molecule has 1 saturated carbocycles. The average Bonchev–Trinajstić information content (AvgIpc) is 2.40. The van der Waals surface area contributed by atoms with E-state index in [1.807, 2.05) is 5.43 Å². The van der Waals surface area contributed by atoms with Gasteiger partial charge in [-0.2, -0.15) is 0 Å². The van der Waals surface area contributed by atoms with Crippen LogP contribution in [0.15, 0.2) is 12.1 Å². The fraction of sp³-hybridized carbons (Fsp3) is 0.533. The van der Waals surface area contributed by atoms with Gasteiger partial charge in [0.2, 0.25) is 0 Å². The summed E-state index contributed by atoms with van der Waals surface area (Å²) in [5.41, 5.74) is 1.77. The molecule has 0 aromatic heterocycles. The van der Waals surface area contributed by atoms with Gasteiger partial charge in [0, 0.05) is 11.6 Å². The first-order valence-corrected chi connectivity index (χ1v) is 7.09. The predicted molar refractivity (Wildman–Crippen MR) is 77.7 cm³/mol. The minimum atomic E-state index is -0.882. The monoisotopic (exact) mass is 297 g/mol. The van der Waals surface area contributed by atoms with Gasteiger partial charge in [0.25, 0.3) is 5.91 Å². The number of benzene rings is 1. The van der Waals surface area contributed by atoms with Crippen LogP contribution in [0.5, 0.6) is 0 Å². The lowest BCUT2D eigenvalue weighted by atomic mass is 9.75. The van der Waals surface area contributed by atoms with E-state index in [0.29, 0.717) is 5.41 Å². The summed E-state index contributed by atoms with van der Waals surface area (Å²) < 4.78 is 27.2. The Labute approximate surface area is 123 Å². The van der Waals surface area contributed by atoms with Crippen LogP contribution in [0.2, 0.25) is 0 Å². The van der Waals surface area contributed by atoms with Crippen LogP contribution in [0.25, 0.3) is 0 Å². The van der Waals surface area contributed by atoms with Gasteiger partial charge in [-0.15, -0.1) is 0 Å². The molecule has 0 spiro atoms. The Bertz CT molecular complexity index is 513. The van der Waals surface area contributed by atoms with E-state index >= 15 is 0 Å². The molecule has 116 valence electrons. The zero-order valence-electron chi connectivity index (χ0n) is 12.3. The molecule has 1 aliphatic rings. The summed E-state index contributed by atoms with van der Waals surface area (Å²) in [6.45, 7) is 4.41. The molecule has 1 aromatic rings. The molecule has 0 aliphatic heterocycles. The SMILES string of the molecule is CC1(C)CCC(NC(=O)c2cc(F)c(NN)c(F)c2)CC1. The highest BCUT2D eigenvalue weighted by Crippen LogP contribution is 2.35.